The lowest BCUT2D eigenvalue weighted by molar-refractivity contribution is -0.134. The van der Waals surface area contributed by atoms with Gasteiger partial charge in [0, 0.05) is 37.9 Å². The molecule has 0 aromatic heterocycles. The highest BCUT2D eigenvalue weighted by Gasteiger charge is 2.35. The van der Waals surface area contributed by atoms with Crippen molar-refractivity contribution in [2.45, 2.75) is 58.2 Å². The lowest BCUT2D eigenvalue weighted by atomic mass is 10.0. The van der Waals surface area contributed by atoms with Gasteiger partial charge in [0.2, 0.25) is 5.91 Å². The van der Waals surface area contributed by atoms with Gasteiger partial charge in [-0.2, -0.15) is 0 Å². The second kappa shape index (κ2) is 10.0. The van der Waals surface area contributed by atoms with E-state index in [1.807, 2.05) is 56.0 Å². The van der Waals surface area contributed by atoms with Crippen LogP contribution in [0.25, 0.3) is 0 Å². The fourth-order valence-corrected chi connectivity index (χ4v) is 4.43. The molecule has 2 saturated heterocycles. The Balaban J connectivity index is 1.65. The van der Waals surface area contributed by atoms with E-state index in [4.69, 9.17) is 4.74 Å². The van der Waals surface area contributed by atoms with Crippen LogP contribution in [-0.4, -0.2) is 90.7 Å². The predicted octanol–water partition coefficient (Wildman–Crippen LogP) is 3.06. The number of para-hydroxylation sites is 1. The number of nitrogens with zero attached hydrogens (tertiary/aromatic N) is 4. The fraction of sp³-hybridized carbons (Fsp3) is 0.667. The van der Waals surface area contributed by atoms with Crippen molar-refractivity contribution < 1.29 is 14.3 Å². The molecule has 2 aliphatic rings. The van der Waals surface area contributed by atoms with Gasteiger partial charge in [-0.1, -0.05) is 18.2 Å². The number of amides is 2. The number of anilines is 1. The number of rotatable bonds is 4. The molecule has 1 aromatic rings. The van der Waals surface area contributed by atoms with Crippen molar-refractivity contribution in [3.05, 3.63) is 30.3 Å². The molecule has 2 amide bonds. The first-order valence-electron chi connectivity index (χ1n) is 11.4. The van der Waals surface area contributed by atoms with E-state index in [0.29, 0.717) is 24.8 Å². The van der Waals surface area contributed by atoms with Gasteiger partial charge in [0.25, 0.3) is 0 Å². The molecule has 0 saturated carbocycles. The first kappa shape index (κ1) is 23.5. The molecule has 1 aromatic carbocycles. The number of benzene rings is 1. The van der Waals surface area contributed by atoms with Crippen molar-refractivity contribution in [2.24, 2.45) is 0 Å². The van der Waals surface area contributed by atoms with Gasteiger partial charge in [0.15, 0.2) is 0 Å². The molecule has 0 N–H and O–H groups in total. The first-order valence-corrected chi connectivity index (χ1v) is 11.4. The van der Waals surface area contributed by atoms with Crippen molar-refractivity contribution >= 4 is 17.7 Å². The number of piperidine rings is 1. The quantitative estimate of drug-likeness (QED) is 0.735. The van der Waals surface area contributed by atoms with Gasteiger partial charge in [-0.05, 0) is 72.8 Å². The summed E-state index contributed by atoms with van der Waals surface area (Å²) in [4.78, 5) is 34.7. The number of carbonyl (C=O) groups excluding carboxylic acids is 2. The Morgan fingerprint density at radius 1 is 1.00 bits per heavy atom. The molecule has 31 heavy (non-hydrogen) atoms. The molecule has 2 aliphatic heterocycles. The highest BCUT2D eigenvalue weighted by molar-refractivity contribution is 5.97. The normalized spacial score (nSPS) is 20.4. The molecular formula is C24H38N4O3. The van der Waals surface area contributed by atoms with Gasteiger partial charge in [0.1, 0.15) is 11.6 Å². The number of hydrogen-bond donors (Lipinski definition) is 0. The summed E-state index contributed by atoms with van der Waals surface area (Å²) < 4.78 is 5.62. The molecule has 2 heterocycles. The van der Waals surface area contributed by atoms with Gasteiger partial charge < -0.3 is 14.5 Å². The number of likely N-dealkylation sites (tertiary alicyclic amines) is 1. The molecule has 1 atom stereocenters. The topological polar surface area (TPSA) is 56.3 Å². The van der Waals surface area contributed by atoms with Crippen molar-refractivity contribution in [1.29, 1.82) is 0 Å². The summed E-state index contributed by atoms with van der Waals surface area (Å²) in [7, 11) is 2.18. The van der Waals surface area contributed by atoms with E-state index >= 15 is 0 Å². The minimum Gasteiger partial charge on any atom is -0.443 e. The van der Waals surface area contributed by atoms with E-state index in [0.717, 1.165) is 26.2 Å². The summed E-state index contributed by atoms with van der Waals surface area (Å²) in [6, 6.07) is 9.29. The van der Waals surface area contributed by atoms with Crippen LogP contribution in [0.15, 0.2) is 30.3 Å². The summed E-state index contributed by atoms with van der Waals surface area (Å²) >= 11 is 0. The van der Waals surface area contributed by atoms with Crippen LogP contribution < -0.4 is 4.90 Å². The molecule has 0 radical (unpaired) electrons. The number of carbonyl (C=O) groups is 2. The van der Waals surface area contributed by atoms with E-state index in [2.05, 4.69) is 16.8 Å². The minimum atomic E-state index is -0.632. The van der Waals surface area contributed by atoms with Crippen LogP contribution in [0, 0.1) is 0 Å². The first-order chi connectivity index (χ1) is 14.7. The maximum atomic E-state index is 13.4. The Labute approximate surface area is 186 Å². The highest BCUT2D eigenvalue weighted by atomic mass is 16.6. The summed E-state index contributed by atoms with van der Waals surface area (Å²) in [5, 5.41) is 0. The van der Waals surface area contributed by atoms with E-state index in [1.165, 1.54) is 17.7 Å². The second-order valence-corrected chi connectivity index (χ2v) is 9.76. The maximum absolute atomic E-state index is 13.4. The van der Waals surface area contributed by atoms with Crippen molar-refractivity contribution in [3.63, 3.8) is 0 Å². The number of hydrogen-bond acceptors (Lipinski definition) is 5. The lowest BCUT2D eigenvalue weighted by Crippen LogP contribution is -2.58. The third kappa shape index (κ3) is 6.20. The molecule has 7 nitrogen and oxygen atoms in total. The molecule has 172 valence electrons. The van der Waals surface area contributed by atoms with Gasteiger partial charge in [-0.25, -0.2) is 4.79 Å². The number of ether oxygens (including phenoxy) is 1. The smallest absolute Gasteiger partial charge is 0.415 e. The third-order valence-electron chi connectivity index (χ3n) is 6.20. The standard InChI is InChI=1S/C24H38N4O3/c1-19(28(21-9-7-6-8-10-21)23(30)31-24(2,3)4)22(29)27-17-15-26(16-18-27)20-11-13-25(5)14-12-20/h6-10,19-20H,11-18H2,1-5H3/t19-/m1/s1. The summed E-state index contributed by atoms with van der Waals surface area (Å²) in [5.74, 6) is -0.0299. The molecule has 0 bridgehead atoms. The second-order valence-electron chi connectivity index (χ2n) is 9.76. The highest BCUT2D eigenvalue weighted by Crippen LogP contribution is 2.23. The predicted molar refractivity (Wildman–Crippen MR) is 123 cm³/mol. The largest absolute Gasteiger partial charge is 0.443 e. The lowest BCUT2D eigenvalue weighted by Gasteiger charge is -2.43. The average Bonchev–Trinajstić information content (AvgIpc) is 2.73. The van der Waals surface area contributed by atoms with Crippen LogP contribution in [0.4, 0.5) is 10.5 Å². The van der Waals surface area contributed by atoms with Crippen LogP contribution in [0.5, 0.6) is 0 Å². The van der Waals surface area contributed by atoms with Gasteiger partial charge in [0.05, 0.1) is 0 Å². The fourth-order valence-electron chi connectivity index (χ4n) is 4.43. The molecular weight excluding hydrogens is 392 g/mol. The molecule has 0 aliphatic carbocycles. The molecule has 3 rings (SSSR count). The Bertz CT molecular complexity index is 733. The van der Waals surface area contributed by atoms with E-state index in [9.17, 15) is 9.59 Å². The zero-order valence-electron chi connectivity index (χ0n) is 19.7. The Morgan fingerprint density at radius 3 is 2.13 bits per heavy atom. The Kier molecular flexibility index (Phi) is 7.59. The summed E-state index contributed by atoms with van der Waals surface area (Å²) in [5.41, 5.74) is 0.0367. The van der Waals surface area contributed by atoms with Crippen molar-refractivity contribution in [3.8, 4) is 0 Å². The zero-order valence-corrected chi connectivity index (χ0v) is 19.7. The Morgan fingerprint density at radius 2 is 1.58 bits per heavy atom. The van der Waals surface area contributed by atoms with Gasteiger partial charge in [-0.3, -0.25) is 14.6 Å². The minimum absolute atomic E-state index is 0.0299. The van der Waals surface area contributed by atoms with Crippen LogP contribution >= 0.6 is 0 Å². The molecule has 0 unspecified atom stereocenters. The average molecular weight is 431 g/mol. The maximum Gasteiger partial charge on any atom is 0.415 e. The van der Waals surface area contributed by atoms with Crippen LogP contribution in [0.3, 0.4) is 0 Å². The van der Waals surface area contributed by atoms with E-state index < -0.39 is 17.7 Å². The third-order valence-corrected chi connectivity index (χ3v) is 6.20. The summed E-state index contributed by atoms with van der Waals surface area (Å²) in [6.45, 7) is 12.8. The van der Waals surface area contributed by atoms with Gasteiger partial charge in [-0.15, -0.1) is 0 Å². The monoisotopic (exact) mass is 430 g/mol. The van der Waals surface area contributed by atoms with Crippen molar-refractivity contribution in [1.82, 2.24) is 14.7 Å². The van der Waals surface area contributed by atoms with Crippen LogP contribution in [0.1, 0.15) is 40.5 Å². The molecule has 2 fully saturated rings. The van der Waals surface area contributed by atoms with Crippen LogP contribution in [0.2, 0.25) is 0 Å². The molecule has 7 heteroatoms. The SMILES string of the molecule is C[C@H](C(=O)N1CCN(C2CCN(C)CC2)CC1)N(C(=O)OC(C)(C)C)c1ccccc1. The van der Waals surface area contributed by atoms with Crippen molar-refractivity contribution in [2.75, 3.05) is 51.2 Å². The summed E-state index contributed by atoms with van der Waals surface area (Å²) in [6.07, 6.45) is 1.90. The Hall–Kier alpha value is -2.12. The van der Waals surface area contributed by atoms with E-state index in [1.54, 1.807) is 6.92 Å². The van der Waals surface area contributed by atoms with Gasteiger partial charge >= 0.3 is 6.09 Å². The number of piperazine rings is 1. The molecule has 0 spiro atoms. The zero-order chi connectivity index (χ0) is 22.6. The van der Waals surface area contributed by atoms with Crippen LogP contribution in [-0.2, 0) is 9.53 Å². The van der Waals surface area contributed by atoms with E-state index in [-0.39, 0.29) is 5.91 Å².